The third-order valence-electron chi connectivity index (χ3n) is 3.27. The Morgan fingerprint density at radius 1 is 1.10 bits per heavy atom. The summed E-state index contributed by atoms with van der Waals surface area (Å²) in [5.74, 6) is -0.143. The molecule has 0 atom stereocenters. The van der Waals surface area contributed by atoms with E-state index in [0.29, 0.717) is 11.1 Å². The van der Waals surface area contributed by atoms with Crippen LogP contribution in [0.15, 0.2) is 62.5 Å². The van der Waals surface area contributed by atoms with Gasteiger partial charge in [-0.3, -0.25) is 4.79 Å². The lowest BCUT2D eigenvalue weighted by Gasteiger charge is -2.06. The molecule has 0 saturated heterocycles. The number of nitrogens with zero attached hydrogens (tertiary/aromatic N) is 1. The van der Waals surface area contributed by atoms with Gasteiger partial charge in [-0.15, -0.1) is 0 Å². The Hall–Kier alpha value is -2.82. The van der Waals surface area contributed by atoms with Crippen LogP contribution in [0.4, 0.5) is 0 Å². The monoisotopic (exact) mass is 283 g/mol. The first-order valence-electron chi connectivity index (χ1n) is 6.44. The van der Waals surface area contributed by atoms with Crippen molar-refractivity contribution in [1.82, 2.24) is 4.57 Å². The van der Waals surface area contributed by atoms with Gasteiger partial charge in [-0.05, 0) is 17.7 Å². The number of methoxy groups -OCH3 is 1. The number of rotatable bonds is 3. The maximum absolute atomic E-state index is 12.4. The molecule has 0 radical (unpaired) electrons. The van der Waals surface area contributed by atoms with Gasteiger partial charge in [-0.25, -0.2) is 9.36 Å². The minimum Gasteiger partial charge on any atom is -0.497 e. The van der Waals surface area contributed by atoms with E-state index in [1.165, 1.54) is 13.2 Å². The lowest BCUT2D eigenvalue weighted by Crippen LogP contribution is -2.32. The molecule has 1 heterocycles. The molecule has 0 aliphatic rings. The first kappa shape index (κ1) is 13.2. The van der Waals surface area contributed by atoms with E-state index in [1.807, 2.05) is 30.3 Å². The summed E-state index contributed by atoms with van der Waals surface area (Å²) in [7, 11) is 1.51. The lowest BCUT2D eigenvalue weighted by molar-refractivity contribution is 0.412. The summed E-state index contributed by atoms with van der Waals surface area (Å²) < 4.78 is 11.4. The number of fused-ring (bicyclic) bond motifs is 1. The highest BCUT2D eigenvalue weighted by Crippen LogP contribution is 2.16. The highest BCUT2D eigenvalue weighted by Gasteiger charge is 2.10. The van der Waals surface area contributed by atoms with Gasteiger partial charge in [-0.1, -0.05) is 30.3 Å². The summed E-state index contributed by atoms with van der Waals surface area (Å²) in [5.41, 5.74) is 0.723. The lowest BCUT2D eigenvalue weighted by atomic mass is 10.2. The molecule has 1 aromatic heterocycles. The van der Waals surface area contributed by atoms with E-state index < -0.39 is 5.76 Å². The minimum atomic E-state index is -0.676. The second-order valence-electron chi connectivity index (χ2n) is 4.61. The predicted octanol–water partition coefficient (Wildman–Crippen LogP) is 2.01. The summed E-state index contributed by atoms with van der Waals surface area (Å²) in [4.78, 5) is 24.4. The molecule has 0 unspecified atom stereocenters. The van der Waals surface area contributed by atoms with Crippen molar-refractivity contribution in [1.29, 1.82) is 0 Å². The van der Waals surface area contributed by atoms with Gasteiger partial charge in [0.05, 0.1) is 19.0 Å². The Balaban J connectivity index is 2.16. The molecule has 0 N–H and O–H groups in total. The van der Waals surface area contributed by atoms with Gasteiger partial charge in [0.25, 0.3) is 5.56 Å². The molecule has 0 aliphatic carbocycles. The van der Waals surface area contributed by atoms with E-state index >= 15 is 0 Å². The van der Waals surface area contributed by atoms with Gasteiger partial charge in [0.1, 0.15) is 11.3 Å². The molecular formula is C16H13NO4. The summed E-state index contributed by atoms with van der Waals surface area (Å²) in [6.45, 7) is 0.184. The summed E-state index contributed by atoms with van der Waals surface area (Å²) >= 11 is 0. The molecular weight excluding hydrogens is 270 g/mol. The summed E-state index contributed by atoms with van der Waals surface area (Å²) in [5, 5.41) is 0.353. The van der Waals surface area contributed by atoms with Gasteiger partial charge < -0.3 is 9.15 Å². The number of aromatic nitrogens is 1. The number of hydrogen-bond donors (Lipinski definition) is 0. The Kier molecular flexibility index (Phi) is 3.31. The quantitative estimate of drug-likeness (QED) is 0.737. The van der Waals surface area contributed by atoms with Crippen LogP contribution in [0, 0.1) is 0 Å². The molecule has 0 aliphatic heterocycles. The molecule has 0 spiro atoms. The second kappa shape index (κ2) is 5.28. The van der Waals surface area contributed by atoms with E-state index in [2.05, 4.69) is 0 Å². The van der Waals surface area contributed by atoms with Crippen molar-refractivity contribution in [3.05, 3.63) is 75.0 Å². The van der Waals surface area contributed by atoms with Crippen molar-refractivity contribution in [3.8, 4) is 5.75 Å². The summed E-state index contributed by atoms with van der Waals surface area (Å²) in [6, 6.07) is 14.1. The van der Waals surface area contributed by atoms with Crippen molar-refractivity contribution in [3.63, 3.8) is 0 Å². The van der Waals surface area contributed by atoms with Gasteiger partial charge in [0.15, 0.2) is 0 Å². The van der Waals surface area contributed by atoms with Crippen LogP contribution >= 0.6 is 0 Å². The van der Waals surface area contributed by atoms with Crippen molar-refractivity contribution < 1.29 is 9.15 Å². The minimum absolute atomic E-state index is 0.184. The molecule has 106 valence electrons. The standard InChI is InChI=1S/C16H13NO4/c1-20-12-7-8-13-14(9-12)21-16(19)17(15(13)18)10-11-5-3-2-4-6-11/h2-9H,10H2,1H3. The third kappa shape index (κ3) is 2.45. The Bertz CT molecular complexity index is 894. The molecule has 3 rings (SSSR count). The zero-order valence-corrected chi connectivity index (χ0v) is 11.4. The van der Waals surface area contributed by atoms with Crippen LogP contribution in [0.1, 0.15) is 5.56 Å². The van der Waals surface area contributed by atoms with Crippen molar-refractivity contribution in [2.45, 2.75) is 6.54 Å². The molecule has 3 aromatic rings. The zero-order chi connectivity index (χ0) is 14.8. The molecule has 21 heavy (non-hydrogen) atoms. The number of benzene rings is 2. The van der Waals surface area contributed by atoms with Gasteiger partial charge in [0.2, 0.25) is 0 Å². The van der Waals surface area contributed by atoms with Crippen LogP contribution < -0.4 is 16.1 Å². The smallest absolute Gasteiger partial charge is 0.422 e. The number of hydrogen-bond acceptors (Lipinski definition) is 4. The molecule has 0 bridgehead atoms. The topological polar surface area (TPSA) is 61.4 Å². The van der Waals surface area contributed by atoms with E-state index in [0.717, 1.165) is 10.1 Å². The maximum Gasteiger partial charge on any atom is 0.422 e. The van der Waals surface area contributed by atoms with E-state index in [1.54, 1.807) is 12.1 Å². The SMILES string of the molecule is COc1ccc2c(=O)n(Cc3ccccc3)c(=O)oc2c1. The van der Waals surface area contributed by atoms with Crippen LogP contribution in [0.3, 0.4) is 0 Å². The average molecular weight is 283 g/mol. The van der Waals surface area contributed by atoms with Gasteiger partial charge in [0, 0.05) is 6.07 Å². The molecule has 5 nitrogen and oxygen atoms in total. The Morgan fingerprint density at radius 3 is 2.57 bits per heavy atom. The molecule has 0 fully saturated rings. The van der Waals surface area contributed by atoms with Crippen molar-refractivity contribution >= 4 is 11.0 Å². The average Bonchev–Trinajstić information content (AvgIpc) is 2.52. The Labute approximate surface area is 120 Å². The van der Waals surface area contributed by atoms with Crippen LogP contribution in [-0.4, -0.2) is 11.7 Å². The molecule has 0 saturated carbocycles. The van der Waals surface area contributed by atoms with Crippen LogP contribution in [0.25, 0.3) is 11.0 Å². The van der Waals surface area contributed by atoms with Crippen molar-refractivity contribution in [2.75, 3.05) is 7.11 Å². The first-order chi connectivity index (χ1) is 10.2. The van der Waals surface area contributed by atoms with E-state index in [9.17, 15) is 9.59 Å². The van der Waals surface area contributed by atoms with Crippen LogP contribution in [0.2, 0.25) is 0 Å². The maximum atomic E-state index is 12.4. The largest absolute Gasteiger partial charge is 0.497 e. The fourth-order valence-corrected chi connectivity index (χ4v) is 2.17. The summed E-state index contributed by atoms with van der Waals surface area (Å²) in [6.07, 6.45) is 0. The molecule has 2 aromatic carbocycles. The normalized spacial score (nSPS) is 10.7. The van der Waals surface area contributed by atoms with Crippen LogP contribution in [-0.2, 0) is 6.54 Å². The molecule has 5 heteroatoms. The highest BCUT2D eigenvalue weighted by molar-refractivity contribution is 5.76. The fraction of sp³-hybridized carbons (Fsp3) is 0.125. The first-order valence-corrected chi connectivity index (χ1v) is 6.44. The zero-order valence-electron chi connectivity index (χ0n) is 11.4. The number of ether oxygens (including phenoxy) is 1. The third-order valence-corrected chi connectivity index (χ3v) is 3.27. The van der Waals surface area contributed by atoms with Gasteiger partial charge in [-0.2, -0.15) is 0 Å². The van der Waals surface area contributed by atoms with Crippen LogP contribution in [0.5, 0.6) is 5.75 Å². The molecule has 0 amide bonds. The van der Waals surface area contributed by atoms with E-state index in [-0.39, 0.29) is 17.7 Å². The fourth-order valence-electron chi connectivity index (χ4n) is 2.17. The Morgan fingerprint density at radius 2 is 1.86 bits per heavy atom. The second-order valence-corrected chi connectivity index (χ2v) is 4.61. The van der Waals surface area contributed by atoms with E-state index in [4.69, 9.17) is 9.15 Å². The predicted molar refractivity (Wildman–Crippen MR) is 78.8 cm³/mol. The van der Waals surface area contributed by atoms with Crippen molar-refractivity contribution in [2.24, 2.45) is 0 Å². The highest BCUT2D eigenvalue weighted by atomic mass is 16.5. The van der Waals surface area contributed by atoms with Gasteiger partial charge >= 0.3 is 5.76 Å².